The van der Waals surface area contributed by atoms with E-state index in [0.29, 0.717) is 0 Å². The summed E-state index contributed by atoms with van der Waals surface area (Å²) >= 11 is 0. The van der Waals surface area contributed by atoms with Crippen molar-refractivity contribution in [2.45, 2.75) is 19.6 Å². The summed E-state index contributed by atoms with van der Waals surface area (Å²) in [4.78, 5) is 10.1. The summed E-state index contributed by atoms with van der Waals surface area (Å²) in [5, 5.41) is 15.3. The standard InChI is InChI=1S/C6H8FN3O2/c7-3-5-4-10(9-8-5)2-1-6(11)12/h4H,1-3H2,(H,11,12). The van der Waals surface area contributed by atoms with Crippen LogP contribution in [0.3, 0.4) is 0 Å². The van der Waals surface area contributed by atoms with Crippen molar-refractivity contribution in [1.82, 2.24) is 15.0 Å². The van der Waals surface area contributed by atoms with Crippen LogP contribution in [0.25, 0.3) is 0 Å². The van der Waals surface area contributed by atoms with Gasteiger partial charge in [0.2, 0.25) is 0 Å². The highest BCUT2D eigenvalue weighted by Gasteiger charge is 2.01. The zero-order valence-electron chi connectivity index (χ0n) is 6.27. The van der Waals surface area contributed by atoms with Gasteiger partial charge in [-0.1, -0.05) is 5.21 Å². The summed E-state index contributed by atoms with van der Waals surface area (Å²) in [7, 11) is 0. The molecular formula is C6H8FN3O2. The maximum Gasteiger partial charge on any atom is 0.305 e. The molecule has 5 nitrogen and oxygen atoms in total. The number of alkyl halides is 1. The highest BCUT2D eigenvalue weighted by atomic mass is 19.1. The fraction of sp³-hybridized carbons (Fsp3) is 0.500. The minimum Gasteiger partial charge on any atom is -0.481 e. The number of halogens is 1. The second-order valence-electron chi connectivity index (χ2n) is 2.25. The first-order valence-electron chi connectivity index (χ1n) is 3.39. The lowest BCUT2D eigenvalue weighted by Gasteiger charge is -1.93. The fourth-order valence-corrected chi connectivity index (χ4v) is 0.719. The molecule has 0 aliphatic heterocycles. The topological polar surface area (TPSA) is 68.0 Å². The predicted molar refractivity (Wildman–Crippen MR) is 37.1 cm³/mol. The van der Waals surface area contributed by atoms with Crippen LogP contribution in [0.1, 0.15) is 12.1 Å². The quantitative estimate of drug-likeness (QED) is 0.707. The van der Waals surface area contributed by atoms with Gasteiger partial charge >= 0.3 is 5.97 Å². The van der Waals surface area contributed by atoms with E-state index < -0.39 is 12.6 Å². The van der Waals surface area contributed by atoms with Crippen LogP contribution in [-0.4, -0.2) is 26.1 Å². The molecular weight excluding hydrogens is 165 g/mol. The van der Waals surface area contributed by atoms with Crippen LogP contribution in [0.5, 0.6) is 0 Å². The van der Waals surface area contributed by atoms with Gasteiger partial charge in [0.1, 0.15) is 12.4 Å². The second-order valence-corrected chi connectivity index (χ2v) is 2.25. The molecule has 0 spiro atoms. The summed E-state index contributed by atoms with van der Waals surface area (Å²) in [6.07, 6.45) is 1.36. The zero-order valence-corrected chi connectivity index (χ0v) is 6.27. The number of hydrogen-bond donors (Lipinski definition) is 1. The normalized spacial score (nSPS) is 10.1. The molecule has 0 aliphatic carbocycles. The van der Waals surface area contributed by atoms with Crippen LogP contribution in [0.4, 0.5) is 4.39 Å². The van der Waals surface area contributed by atoms with E-state index in [4.69, 9.17) is 5.11 Å². The maximum absolute atomic E-state index is 11.9. The Kier molecular flexibility index (Phi) is 2.73. The molecule has 0 fully saturated rings. The van der Waals surface area contributed by atoms with E-state index in [-0.39, 0.29) is 18.7 Å². The largest absolute Gasteiger partial charge is 0.481 e. The minimum atomic E-state index is -0.910. The molecule has 0 unspecified atom stereocenters. The van der Waals surface area contributed by atoms with Crippen molar-refractivity contribution in [3.05, 3.63) is 11.9 Å². The van der Waals surface area contributed by atoms with Gasteiger partial charge in [0.15, 0.2) is 0 Å². The second kappa shape index (κ2) is 3.80. The van der Waals surface area contributed by atoms with Crippen molar-refractivity contribution < 1.29 is 14.3 Å². The van der Waals surface area contributed by atoms with Crippen molar-refractivity contribution in [1.29, 1.82) is 0 Å². The molecule has 0 saturated heterocycles. The van der Waals surface area contributed by atoms with E-state index in [0.717, 1.165) is 0 Å². The molecule has 0 saturated carbocycles. The monoisotopic (exact) mass is 173 g/mol. The molecule has 0 bridgehead atoms. The van der Waals surface area contributed by atoms with E-state index in [2.05, 4.69) is 10.3 Å². The molecule has 0 aliphatic rings. The van der Waals surface area contributed by atoms with Gasteiger partial charge in [-0.05, 0) is 0 Å². The van der Waals surface area contributed by atoms with Crippen molar-refractivity contribution >= 4 is 5.97 Å². The Morgan fingerprint density at radius 3 is 3.00 bits per heavy atom. The van der Waals surface area contributed by atoms with Crippen molar-refractivity contribution in [3.63, 3.8) is 0 Å². The molecule has 0 radical (unpaired) electrons. The van der Waals surface area contributed by atoms with Gasteiger partial charge in [-0.2, -0.15) is 0 Å². The smallest absolute Gasteiger partial charge is 0.305 e. The van der Waals surface area contributed by atoms with Gasteiger partial charge in [0, 0.05) is 0 Å². The van der Waals surface area contributed by atoms with Gasteiger partial charge in [0.25, 0.3) is 0 Å². The van der Waals surface area contributed by atoms with Gasteiger partial charge in [-0.15, -0.1) is 5.10 Å². The van der Waals surface area contributed by atoms with E-state index in [1.54, 1.807) is 0 Å². The van der Waals surface area contributed by atoms with Gasteiger partial charge in [0.05, 0.1) is 19.2 Å². The summed E-state index contributed by atoms with van der Waals surface area (Å²) in [5.74, 6) is -0.910. The lowest BCUT2D eigenvalue weighted by atomic mass is 10.4. The van der Waals surface area contributed by atoms with Crippen molar-refractivity contribution in [2.75, 3.05) is 0 Å². The van der Waals surface area contributed by atoms with Crippen LogP contribution in [0.2, 0.25) is 0 Å². The SMILES string of the molecule is O=C(O)CCn1cc(CF)nn1. The molecule has 1 aromatic heterocycles. The molecule has 1 aromatic rings. The Hall–Kier alpha value is -1.46. The number of carboxylic acid groups (broad SMARTS) is 1. The zero-order chi connectivity index (χ0) is 8.97. The van der Waals surface area contributed by atoms with Crippen molar-refractivity contribution in [3.8, 4) is 0 Å². The van der Waals surface area contributed by atoms with Crippen LogP contribution in [-0.2, 0) is 18.0 Å². The van der Waals surface area contributed by atoms with E-state index >= 15 is 0 Å². The Labute approximate surface area is 67.8 Å². The molecule has 1 N–H and O–H groups in total. The third-order valence-corrected chi connectivity index (χ3v) is 1.28. The molecule has 1 heterocycles. The van der Waals surface area contributed by atoms with Gasteiger partial charge in [-0.3, -0.25) is 9.48 Å². The van der Waals surface area contributed by atoms with Gasteiger partial charge < -0.3 is 5.11 Å². The molecule has 0 amide bonds. The van der Waals surface area contributed by atoms with Gasteiger partial charge in [-0.25, -0.2) is 4.39 Å². The first-order chi connectivity index (χ1) is 5.72. The molecule has 1 rings (SSSR count). The molecule has 6 heteroatoms. The van der Waals surface area contributed by atoms with Crippen LogP contribution >= 0.6 is 0 Å². The Morgan fingerprint density at radius 2 is 2.50 bits per heavy atom. The van der Waals surface area contributed by atoms with Crippen LogP contribution in [0.15, 0.2) is 6.20 Å². The number of nitrogens with zero attached hydrogens (tertiary/aromatic N) is 3. The molecule has 0 aromatic carbocycles. The lowest BCUT2D eigenvalue weighted by Crippen LogP contribution is -2.04. The van der Waals surface area contributed by atoms with E-state index in [1.807, 2.05) is 0 Å². The maximum atomic E-state index is 11.9. The highest BCUT2D eigenvalue weighted by Crippen LogP contribution is 1.95. The van der Waals surface area contributed by atoms with Crippen LogP contribution in [0, 0.1) is 0 Å². The molecule has 12 heavy (non-hydrogen) atoms. The third kappa shape index (κ3) is 2.30. The number of hydrogen-bond acceptors (Lipinski definition) is 3. The first kappa shape index (κ1) is 8.63. The minimum absolute atomic E-state index is 0.0327. The number of aliphatic carboxylic acids is 1. The fourth-order valence-electron chi connectivity index (χ4n) is 0.719. The summed E-state index contributed by atoms with van der Waals surface area (Å²) in [5.41, 5.74) is 0.223. The lowest BCUT2D eigenvalue weighted by molar-refractivity contribution is -0.137. The Balaban J connectivity index is 2.47. The summed E-state index contributed by atoms with van der Waals surface area (Å²) in [6.45, 7) is -0.449. The highest BCUT2D eigenvalue weighted by molar-refractivity contribution is 5.66. The van der Waals surface area contributed by atoms with E-state index in [1.165, 1.54) is 10.9 Å². The molecule has 66 valence electrons. The van der Waals surface area contributed by atoms with Crippen molar-refractivity contribution in [2.24, 2.45) is 0 Å². The number of rotatable bonds is 4. The average molecular weight is 173 g/mol. The third-order valence-electron chi connectivity index (χ3n) is 1.28. The first-order valence-corrected chi connectivity index (χ1v) is 3.39. The summed E-state index contributed by atoms with van der Waals surface area (Å²) < 4.78 is 13.2. The predicted octanol–water partition coefficient (Wildman–Crippen LogP) is 0.222. The number of aromatic nitrogens is 3. The van der Waals surface area contributed by atoms with Crippen LogP contribution < -0.4 is 0 Å². The van der Waals surface area contributed by atoms with E-state index in [9.17, 15) is 9.18 Å². The number of carbonyl (C=O) groups is 1. The Bertz CT molecular complexity index is 274. The number of aryl methyl sites for hydroxylation is 1. The Morgan fingerprint density at radius 1 is 1.75 bits per heavy atom. The molecule has 0 atom stereocenters. The number of carboxylic acids is 1. The average Bonchev–Trinajstić information content (AvgIpc) is 2.48. The summed E-state index contributed by atoms with van der Waals surface area (Å²) in [6, 6.07) is 0.